The minimum absolute atomic E-state index is 0. The molecule has 4 heavy (non-hydrogen) atoms. The Balaban J connectivity index is 0. The Hall–Kier alpha value is 2.55. The van der Waals surface area contributed by atoms with Crippen molar-refractivity contribution in [2.24, 2.45) is 0 Å². The Kier molecular flexibility index (Phi) is 137. The van der Waals surface area contributed by atoms with Crippen LogP contribution in [0.1, 0.15) is 0 Å². The molecule has 0 fully saturated rings. The van der Waals surface area contributed by atoms with Crippen molar-refractivity contribution in [1.29, 1.82) is 0 Å². The summed E-state index contributed by atoms with van der Waals surface area (Å²) in [4.78, 5) is 0. The molecule has 0 spiro atoms. The zero-order chi connectivity index (χ0) is 0. The molecule has 0 atom stereocenters. The Morgan fingerprint density at radius 3 is 0.250 bits per heavy atom. The van der Waals surface area contributed by atoms with Crippen LogP contribution >= 0.6 is 0 Å². The summed E-state index contributed by atoms with van der Waals surface area (Å²) < 4.78 is 0. The molecular weight excluding hydrogens is 279 g/mol. The molecule has 12 valence electrons. The zero-order valence-corrected chi connectivity index (χ0v) is 12.0. The van der Waals surface area contributed by atoms with E-state index in [1.165, 1.54) is 0 Å². The maximum atomic E-state index is 0. The van der Waals surface area contributed by atoms with Gasteiger partial charge in [0.05, 0.1) is 0 Å². The van der Waals surface area contributed by atoms with E-state index in [1.807, 2.05) is 0 Å². The summed E-state index contributed by atoms with van der Waals surface area (Å²) in [6.45, 7) is 0. The molecule has 0 unspecified atom stereocenters. The van der Waals surface area contributed by atoms with E-state index in [9.17, 15) is 0 Å². The topological polar surface area (TPSA) is 0 Å². The molecule has 0 heterocycles. The molecule has 0 saturated carbocycles. The molecule has 0 aliphatic rings. The van der Waals surface area contributed by atoms with Gasteiger partial charge in [0.15, 0.2) is 0 Å². The molecule has 0 bridgehead atoms. The van der Waals surface area contributed by atoms with Gasteiger partial charge in [-0.1, -0.05) is 0 Å². The first-order valence-electron chi connectivity index (χ1n) is 0. The van der Waals surface area contributed by atoms with Gasteiger partial charge in [0, 0.05) is 79.2 Å². The van der Waals surface area contributed by atoms with Crippen molar-refractivity contribution in [2.75, 3.05) is 0 Å². The van der Waals surface area contributed by atoms with Crippen molar-refractivity contribution in [3.05, 3.63) is 0 Å². The second-order valence-corrected chi connectivity index (χ2v) is 0. The summed E-state index contributed by atoms with van der Waals surface area (Å²) in [5.74, 6) is 0. The molecule has 0 rings (SSSR count). The van der Waals surface area contributed by atoms with Crippen LogP contribution in [0.15, 0.2) is 0 Å². The van der Waals surface area contributed by atoms with Gasteiger partial charge in [-0.2, -0.15) is 0 Å². The van der Waals surface area contributed by atoms with Crippen molar-refractivity contribution in [1.82, 2.24) is 0 Å². The van der Waals surface area contributed by atoms with E-state index in [2.05, 4.69) is 0 Å². The van der Waals surface area contributed by atoms with Crippen LogP contribution in [-0.2, 0) is 0 Å². The largest absolute Gasteiger partial charge is 0 e. The van der Waals surface area contributed by atoms with Gasteiger partial charge in [-0.15, -0.1) is 0 Å². The van der Waals surface area contributed by atoms with Crippen molar-refractivity contribution in [2.45, 2.75) is 0 Å². The summed E-state index contributed by atoms with van der Waals surface area (Å²) in [6, 6.07) is 0. The van der Waals surface area contributed by atoms with Crippen LogP contribution in [0.3, 0.4) is 0 Å². The average molecular weight is 279 g/mol. The first-order valence-corrected chi connectivity index (χ1v) is 0. The summed E-state index contributed by atoms with van der Waals surface area (Å²) in [6.07, 6.45) is 0. The fourth-order valence-corrected chi connectivity index (χ4v) is 0. The van der Waals surface area contributed by atoms with E-state index < -0.39 is 0 Å². The number of rotatable bonds is 0. The van der Waals surface area contributed by atoms with Crippen molar-refractivity contribution >= 4 is 79.2 Å². The van der Waals surface area contributed by atoms with E-state index in [1.54, 1.807) is 0 Å². The molecule has 12 radical (unpaired) electrons. The minimum Gasteiger partial charge on any atom is 0 e. The third-order valence-electron chi connectivity index (χ3n) is 0. The second-order valence-electron chi connectivity index (χ2n) is 0. The van der Waals surface area contributed by atoms with E-state index in [0.29, 0.717) is 0 Å². The summed E-state index contributed by atoms with van der Waals surface area (Å²) in [7, 11) is 0. The molecule has 0 aliphatic carbocycles. The van der Waals surface area contributed by atoms with Gasteiger partial charge in [-0.25, -0.2) is 0 Å². The van der Waals surface area contributed by atoms with Gasteiger partial charge in [0.25, 0.3) is 0 Å². The molecule has 0 saturated heterocycles. The van der Waals surface area contributed by atoms with Crippen LogP contribution < -0.4 is 0 Å². The molecule has 0 nitrogen and oxygen atoms in total. The average Bonchev–Trinajstić information content (AvgIpc) is 0. The molecule has 4 heteroatoms. The molecule has 0 N–H and O–H groups in total. The first-order chi connectivity index (χ1) is 0. The predicted octanol–water partition coefficient (Wildman–Crippen LogP) is -1.52. The number of hydrogen-bond acceptors (Lipinski definition) is 0. The molecular formula is Ga4. The van der Waals surface area contributed by atoms with E-state index in [4.69, 9.17) is 0 Å². The maximum Gasteiger partial charge on any atom is 0 e. The Morgan fingerprint density at radius 1 is 0.250 bits per heavy atom. The number of hydrogen-bond donors (Lipinski definition) is 0. The monoisotopic (exact) mass is 276 g/mol. The van der Waals surface area contributed by atoms with Crippen LogP contribution in [0, 0.1) is 0 Å². The summed E-state index contributed by atoms with van der Waals surface area (Å²) >= 11 is 0. The Bertz CT molecular complexity index is 0. The van der Waals surface area contributed by atoms with Crippen LogP contribution in [0.5, 0.6) is 0 Å². The van der Waals surface area contributed by atoms with Crippen LogP contribution in [0.25, 0.3) is 0 Å². The van der Waals surface area contributed by atoms with E-state index in [0.717, 1.165) is 0 Å². The Labute approximate surface area is 78.1 Å². The van der Waals surface area contributed by atoms with Crippen LogP contribution in [0.2, 0.25) is 0 Å². The Morgan fingerprint density at radius 2 is 0.250 bits per heavy atom. The molecule has 0 aromatic rings. The van der Waals surface area contributed by atoms with Crippen molar-refractivity contribution in [3.8, 4) is 0 Å². The summed E-state index contributed by atoms with van der Waals surface area (Å²) in [5.41, 5.74) is 0. The van der Waals surface area contributed by atoms with Gasteiger partial charge >= 0.3 is 0 Å². The maximum absolute atomic E-state index is 0. The van der Waals surface area contributed by atoms with Gasteiger partial charge in [-0.3, -0.25) is 0 Å². The van der Waals surface area contributed by atoms with Crippen LogP contribution in [-0.4, -0.2) is 79.2 Å². The second kappa shape index (κ2) is 17.7. The summed E-state index contributed by atoms with van der Waals surface area (Å²) in [5, 5.41) is 0. The van der Waals surface area contributed by atoms with Crippen molar-refractivity contribution in [3.63, 3.8) is 0 Å². The third-order valence-corrected chi connectivity index (χ3v) is 0. The quantitative estimate of drug-likeness (QED) is 0.472. The van der Waals surface area contributed by atoms with Gasteiger partial charge in [0.2, 0.25) is 0 Å². The SMILES string of the molecule is [Ga].[Ga].[Ga].[Ga]. The molecule has 0 aliphatic heterocycles. The fourth-order valence-electron chi connectivity index (χ4n) is 0. The van der Waals surface area contributed by atoms with Gasteiger partial charge < -0.3 is 0 Å². The zero-order valence-electron chi connectivity index (χ0n) is 2.31. The normalized spacial score (nSPS) is 0. The third kappa shape index (κ3) is 8.82. The molecule has 0 aromatic carbocycles. The first kappa shape index (κ1) is 31.1. The van der Waals surface area contributed by atoms with E-state index in [-0.39, 0.29) is 79.2 Å². The van der Waals surface area contributed by atoms with Gasteiger partial charge in [0.1, 0.15) is 0 Å². The molecule has 0 amide bonds. The van der Waals surface area contributed by atoms with Crippen molar-refractivity contribution < 1.29 is 0 Å². The predicted molar refractivity (Wildman–Crippen MR) is 23.0 cm³/mol. The smallest absolute Gasteiger partial charge is 0 e. The van der Waals surface area contributed by atoms with Gasteiger partial charge in [-0.05, 0) is 0 Å². The van der Waals surface area contributed by atoms with Crippen LogP contribution in [0.4, 0.5) is 0 Å². The fraction of sp³-hybridized carbons (Fsp3) is 0. The standard InChI is InChI=1S/4Ga. The van der Waals surface area contributed by atoms with E-state index >= 15 is 0 Å². The minimum atomic E-state index is 0. The molecule has 0 aromatic heterocycles.